The largest absolute Gasteiger partial charge is 0.362 e. The topological polar surface area (TPSA) is 39.9 Å². The zero-order valence-corrected chi connectivity index (χ0v) is 11.8. The van der Waals surface area contributed by atoms with Crippen LogP contribution in [0.15, 0.2) is 24.3 Å². The number of pyridine rings is 1. The fourth-order valence-electron chi connectivity index (χ4n) is 2.24. The van der Waals surface area contributed by atoms with Crippen LogP contribution < -0.4 is 4.90 Å². The lowest BCUT2D eigenvalue weighted by Crippen LogP contribution is -2.13. The summed E-state index contributed by atoms with van der Waals surface area (Å²) in [6.07, 6.45) is 2.31. The lowest BCUT2D eigenvalue weighted by Gasteiger charge is -2.17. The third kappa shape index (κ3) is 2.85. The molecule has 1 heterocycles. The number of aromatic nitrogens is 1. The van der Waals surface area contributed by atoms with Crippen LogP contribution in [0.4, 0.5) is 5.82 Å². The first kappa shape index (κ1) is 13.4. The van der Waals surface area contributed by atoms with Crippen molar-refractivity contribution in [3.8, 4) is 6.07 Å². The molecule has 0 aliphatic carbocycles. The molecule has 3 heteroatoms. The molecule has 0 aliphatic heterocycles. The summed E-state index contributed by atoms with van der Waals surface area (Å²) < 4.78 is 0. The zero-order chi connectivity index (χ0) is 13.8. The molecule has 0 atom stereocenters. The highest BCUT2D eigenvalue weighted by molar-refractivity contribution is 5.82. The molecule has 2 aromatic rings. The van der Waals surface area contributed by atoms with Gasteiger partial charge in [0.15, 0.2) is 0 Å². The van der Waals surface area contributed by atoms with E-state index in [9.17, 15) is 0 Å². The van der Waals surface area contributed by atoms with Crippen LogP contribution in [0.5, 0.6) is 0 Å². The van der Waals surface area contributed by atoms with E-state index >= 15 is 0 Å². The third-order valence-electron chi connectivity index (χ3n) is 3.27. The van der Waals surface area contributed by atoms with Crippen LogP contribution in [-0.4, -0.2) is 19.1 Å². The maximum atomic E-state index is 8.77. The quantitative estimate of drug-likeness (QED) is 0.839. The summed E-state index contributed by atoms with van der Waals surface area (Å²) in [7, 11) is 3.98. The number of anilines is 1. The second-order valence-corrected chi connectivity index (χ2v) is 4.90. The third-order valence-corrected chi connectivity index (χ3v) is 3.27. The van der Waals surface area contributed by atoms with Gasteiger partial charge in [0, 0.05) is 25.9 Å². The van der Waals surface area contributed by atoms with E-state index in [1.165, 1.54) is 5.56 Å². The van der Waals surface area contributed by atoms with Crippen molar-refractivity contribution in [1.82, 2.24) is 4.98 Å². The molecule has 0 N–H and O–H groups in total. The Morgan fingerprint density at radius 3 is 2.68 bits per heavy atom. The van der Waals surface area contributed by atoms with Gasteiger partial charge < -0.3 is 4.90 Å². The Bertz CT molecular complexity index is 624. The first-order valence-corrected chi connectivity index (χ1v) is 6.62. The van der Waals surface area contributed by atoms with Gasteiger partial charge in [0.2, 0.25) is 0 Å². The molecule has 1 aromatic heterocycles. The number of nitriles is 1. The summed E-state index contributed by atoms with van der Waals surface area (Å²) >= 11 is 0. The highest BCUT2D eigenvalue weighted by atomic mass is 15.1. The fraction of sp³-hybridized carbons (Fsp3) is 0.375. The van der Waals surface area contributed by atoms with E-state index in [2.05, 4.69) is 37.3 Å². The molecule has 0 bridgehead atoms. The lowest BCUT2D eigenvalue weighted by molar-refractivity contribution is 0.968. The van der Waals surface area contributed by atoms with Crippen molar-refractivity contribution >= 4 is 16.7 Å². The lowest BCUT2D eigenvalue weighted by atomic mass is 10.0. The molecular weight excluding hydrogens is 234 g/mol. The Labute approximate surface area is 114 Å². The molecular formula is C16H19N3. The van der Waals surface area contributed by atoms with Gasteiger partial charge in [-0.25, -0.2) is 4.98 Å². The summed E-state index contributed by atoms with van der Waals surface area (Å²) in [5, 5.41) is 9.93. The number of fused-ring (bicyclic) bond motifs is 1. The summed E-state index contributed by atoms with van der Waals surface area (Å²) in [4.78, 5) is 6.73. The summed E-state index contributed by atoms with van der Waals surface area (Å²) in [6.45, 7) is 2.15. The molecule has 3 nitrogen and oxygen atoms in total. The molecule has 98 valence electrons. The normalized spacial score (nSPS) is 10.4. The molecule has 0 unspecified atom stereocenters. The van der Waals surface area contributed by atoms with Crippen LogP contribution in [0.25, 0.3) is 10.9 Å². The van der Waals surface area contributed by atoms with Crippen LogP contribution in [-0.2, 0) is 12.8 Å². The maximum absolute atomic E-state index is 8.77. The van der Waals surface area contributed by atoms with Crippen molar-refractivity contribution in [3.63, 3.8) is 0 Å². The minimum absolute atomic E-state index is 0.529. The van der Waals surface area contributed by atoms with Crippen molar-refractivity contribution in [2.45, 2.75) is 26.2 Å². The summed E-state index contributed by atoms with van der Waals surface area (Å²) in [5.74, 6) is 0.965. The second-order valence-electron chi connectivity index (χ2n) is 4.90. The van der Waals surface area contributed by atoms with Gasteiger partial charge in [-0.15, -0.1) is 0 Å². The Balaban J connectivity index is 2.56. The first-order chi connectivity index (χ1) is 9.15. The van der Waals surface area contributed by atoms with E-state index < -0.39 is 0 Å². The average molecular weight is 253 g/mol. The van der Waals surface area contributed by atoms with Gasteiger partial charge in [-0.2, -0.15) is 5.26 Å². The standard InChI is InChI=1S/C16H19N3/c1-4-12-7-8-15-14(10-12)11-13(6-5-9-17)16(18-15)19(2)3/h7-8,10-11H,4-6H2,1-3H3. The monoisotopic (exact) mass is 253 g/mol. The number of benzene rings is 1. The SMILES string of the molecule is CCc1ccc2nc(N(C)C)c(CCC#N)cc2c1. The summed E-state index contributed by atoms with van der Waals surface area (Å²) in [6, 6.07) is 10.8. The van der Waals surface area contributed by atoms with Crippen molar-refractivity contribution < 1.29 is 0 Å². The molecule has 0 amide bonds. The molecule has 0 fully saturated rings. The number of hydrogen-bond donors (Lipinski definition) is 0. The minimum atomic E-state index is 0.529. The van der Waals surface area contributed by atoms with E-state index in [1.807, 2.05) is 19.0 Å². The maximum Gasteiger partial charge on any atom is 0.131 e. The van der Waals surface area contributed by atoms with Crippen LogP contribution in [0.2, 0.25) is 0 Å². The van der Waals surface area contributed by atoms with Crippen LogP contribution >= 0.6 is 0 Å². The van der Waals surface area contributed by atoms with Crippen molar-refractivity contribution in [2.75, 3.05) is 19.0 Å². The van der Waals surface area contributed by atoms with E-state index in [4.69, 9.17) is 10.2 Å². The van der Waals surface area contributed by atoms with Crippen LogP contribution in [0.3, 0.4) is 0 Å². The Morgan fingerprint density at radius 1 is 1.26 bits per heavy atom. The minimum Gasteiger partial charge on any atom is -0.362 e. The molecule has 2 rings (SSSR count). The van der Waals surface area contributed by atoms with Gasteiger partial charge in [-0.1, -0.05) is 13.0 Å². The number of nitrogens with zero attached hydrogens (tertiary/aromatic N) is 3. The molecule has 0 aliphatic rings. The van der Waals surface area contributed by atoms with E-state index in [1.54, 1.807) is 0 Å². The summed E-state index contributed by atoms with van der Waals surface area (Å²) in [5.41, 5.74) is 3.48. The van der Waals surface area contributed by atoms with Gasteiger partial charge in [-0.3, -0.25) is 0 Å². The predicted molar refractivity (Wildman–Crippen MR) is 79.4 cm³/mol. The van der Waals surface area contributed by atoms with Gasteiger partial charge >= 0.3 is 0 Å². The molecule has 1 aromatic carbocycles. The number of hydrogen-bond acceptors (Lipinski definition) is 3. The predicted octanol–water partition coefficient (Wildman–Crippen LogP) is 3.32. The molecule has 0 spiro atoms. The fourth-order valence-corrected chi connectivity index (χ4v) is 2.24. The molecule has 0 saturated heterocycles. The number of aryl methyl sites for hydroxylation is 2. The Morgan fingerprint density at radius 2 is 2.05 bits per heavy atom. The second kappa shape index (κ2) is 5.71. The number of rotatable bonds is 4. The van der Waals surface area contributed by atoms with Crippen molar-refractivity contribution in [2.24, 2.45) is 0 Å². The first-order valence-electron chi connectivity index (χ1n) is 6.62. The Hall–Kier alpha value is -2.08. The van der Waals surface area contributed by atoms with Crippen molar-refractivity contribution in [3.05, 3.63) is 35.4 Å². The van der Waals surface area contributed by atoms with Gasteiger partial charge in [0.05, 0.1) is 11.6 Å². The van der Waals surface area contributed by atoms with Gasteiger partial charge in [0.1, 0.15) is 5.82 Å². The van der Waals surface area contributed by atoms with Crippen LogP contribution in [0, 0.1) is 11.3 Å². The zero-order valence-electron chi connectivity index (χ0n) is 11.8. The molecule has 0 radical (unpaired) electrons. The highest BCUT2D eigenvalue weighted by Crippen LogP contribution is 2.24. The average Bonchev–Trinajstić information content (AvgIpc) is 2.43. The van der Waals surface area contributed by atoms with Crippen molar-refractivity contribution in [1.29, 1.82) is 5.26 Å². The van der Waals surface area contributed by atoms with Gasteiger partial charge in [-0.05, 0) is 42.2 Å². The highest BCUT2D eigenvalue weighted by Gasteiger charge is 2.09. The van der Waals surface area contributed by atoms with Gasteiger partial charge in [0.25, 0.3) is 0 Å². The van der Waals surface area contributed by atoms with E-state index in [-0.39, 0.29) is 0 Å². The Kier molecular flexibility index (Phi) is 4.01. The van der Waals surface area contributed by atoms with E-state index in [0.717, 1.165) is 35.1 Å². The smallest absolute Gasteiger partial charge is 0.131 e. The van der Waals surface area contributed by atoms with E-state index in [0.29, 0.717) is 6.42 Å². The molecule has 19 heavy (non-hydrogen) atoms. The van der Waals surface area contributed by atoms with Crippen LogP contribution in [0.1, 0.15) is 24.5 Å². The molecule has 0 saturated carbocycles.